The van der Waals surface area contributed by atoms with Crippen molar-refractivity contribution in [2.75, 3.05) is 13.7 Å². The Balaban J connectivity index is 2.26. The molecule has 1 N–H and O–H groups in total. The Hall–Kier alpha value is -2.11. The molecule has 0 amide bonds. The normalized spacial score (nSPS) is 14.1. The Kier molecular flexibility index (Phi) is 16.9. The van der Waals surface area contributed by atoms with Gasteiger partial charge < -0.3 is 14.8 Å². The maximum Gasteiger partial charge on any atom is 0.306 e. The largest absolute Gasteiger partial charge is 0.492 e. The number of ketones is 2. The third-order valence-corrected chi connectivity index (χ3v) is 6.57. The third-order valence-electron chi connectivity index (χ3n) is 6.57. The fraction of sp³-hybridized carbons (Fsp3) is 0.774. The van der Waals surface area contributed by atoms with Gasteiger partial charge in [-0.05, 0) is 40.0 Å². The highest BCUT2D eigenvalue weighted by Gasteiger charge is 2.29. The first-order chi connectivity index (χ1) is 17.7. The number of carbonyl (C=O) groups is 3. The van der Waals surface area contributed by atoms with E-state index in [0.717, 1.165) is 19.3 Å². The summed E-state index contributed by atoms with van der Waals surface area (Å²) in [7, 11) is 1.44. The molecule has 0 saturated heterocycles. The highest BCUT2D eigenvalue weighted by molar-refractivity contribution is 6.21. The van der Waals surface area contributed by atoms with Gasteiger partial charge in [0.2, 0.25) is 11.6 Å². The molecule has 0 bridgehead atoms. The predicted molar refractivity (Wildman–Crippen MR) is 150 cm³/mol. The number of hydrogen-bond acceptors (Lipinski definition) is 6. The molecule has 6 nitrogen and oxygen atoms in total. The Morgan fingerprint density at radius 3 is 1.81 bits per heavy atom. The Bertz CT molecular complexity index is 760. The van der Waals surface area contributed by atoms with Crippen LogP contribution in [0.15, 0.2) is 23.1 Å². The lowest BCUT2D eigenvalue weighted by atomic mass is 9.93. The van der Waals surface area contributed by atoms with E-state index in [0.29, 0.717) is 25.0 Å². The SMILES string of the molecule is CCCCCCCCCCCCCCCCC1=C(OC)C(=O)C=C(NCCCC(=O)OC(C)(C)C)C1=O. The maximum atomic E-state index is 13.0. The number of hydrogen-bond donors (Lipinski definition) is 1. The highest BCUT2D eigenvalue weighted by atomic mass is 16.6. The van der Waals surface area contributed by atoms with Gasteiger partial charge in [0.25, 0.3) is 0 Å². The molecule has 1 aliphatic carbocycles. The van der Waals surface area contributed by atoms with Crippen molar-refractivity contribution in [3.63, 3.8) is 0 Å². The molecule has 1 aliphatic rings. The minimum absolute atomic E-state index is 0.166. The van der Waals surface area contributed by atoms with Crippen LogP contribution < -0.4 is 5.32 Å². The monoisotopic (exact) mass is 519 g/mol. The van der Waals surface area contributed by atoms with Crippen LogP contribution in [0.5, 0.6) is 0 Å². The van der Waals surface area contributed by atoms with Gasteiger partial charge in [0.1, 0.15) is 5.60 Å². The number of nitrogens with one attached hydrogen (secondary N) is 1. The van der Waals surface area contributed by atoms with Gasteiger partial charge in [0, 0.05) is 24.6 Å². The van der Waals surface area contributed by atoms with Crippen LogP contribution in [0.4, 0.5) is 0 Å². The van der Waals surface area contributed by atoms with Crippen LogP contribution in [0.25, 0.3) is 0 Å². The summed E-state index contributed by atoms with van der Waals surface area (Å²) >= 11 is 0. The first kappa shape index (κ1) is 32.9. The van der Waals surface area contributed by atoms with E-state index in [9.17, 15) is 14.4 Å². The van der Waals surface area contributed by atoms with Gasteiger partial charge >= 0.3 is 5.97 Å². The van der Waals surface area contributed by atoms with Crippen LogP contribution in [0.1, 0.15) is 137 Å². The van der Waals surface area contributed by atoms with Gasteiger partial charge in [-0.15, -0.1) is 0 Å². The molecule has 0 saturated carbocycles. The molecular weight excluding hydrogens is 466 g/mol. The van der Waals surface area contributed by atoms with Crippen LogP contribution in [0, 0.1) is 0 Å². The summed E-state index contributed by atoms with van der Waals surface area (Å²) in [6.07, 6.45) is 20.4. The summed E-state index contributed by atoms with van der Waals surface area (Å²) in [6.45, 7) is 8.17. The van der Waals surface area contributed by atoms with Gasteiger partial charge in [0.15, 0.2) is 5.76 Å². The predicted octanol–water partition coefficient (Wildman–Crippen LogP) is 7.51. The summed E-state index contributed by atoms with van der Waals surface area (Å²) in [5.41, 5.74) is 0.237. The summed E-state index contributed by atoms with van der Waals surface area (Å²) in [4.78, 5) is 37.4. The summed E-state index contributed by atoms with van der Waals surface area (Å²) in [6, 6.07) is 0. The van der Waals surface area contributed by atoms with Crippen molar-refractivity contribution in [2.24, 2.45) is 0 Å². The summed E-state index contributed by atoms with van der Waals surface area (Å²) in [5.74, 6) is -0.561. The number of esters is 1. The second-order valence-electron chi connectivity index (χ2n) is 11.2. The average molecular weight is 520 g/mol. The van der Waals surface area contributed by atoms with E-state index in [1.807, 2.05) is 20.8 Å². The second kappa shape index (κ2) is 19.0. The molecule has 6 heteroatoms. The number of Topliss-reactive ketones (excluding diaryl/α,β-unsaturated/α-hetero) is 1. The quantitative estimate of drug-likeness (QED) is 0.0960. The van der Waals surface area contributed by atoms with E-state index in [1.54, 1.807) is 0 Å². The average Bonchev–Trinajstić information content (AvgIpc) is 2.83. The molecule has 0 aromatic rings. The smallest absolute Gasteiger partial charge is 0.306 e. The molecule has 1 rings (SSSR count). The molecule has 0 unspecified atom stereocenters. The molecule has 0 aromatic heterocycles. The standard InChI is InChI=1S/C31H53NO5/c1-6-7-8-9-10-11-12-13-14-15-16-17-18-19-21-25-29(35)26(24-27(33)30(25)36-5)32-23-20-22-28(34)37-31(2,3)4/h24,32H,6-23H2,1-5H3. The summed E-state index contributed by atoms with van der Waals surface area (Å²) in [5, 5.41) is 3.04. The zero-order valence-corrected chi connectivity index (χ0v) is 24.3. The topological polar surface area (TPSA) is 81.7 Å². The maximum absolute atomic E-state index is 13.0. The molecule has 0 fully saturated rings. The van der Waals surface area contributed by atoms with Crippen LogP contribution in [0.3, 0.4) is 0 Å². The number of ether oxygens (including phenoxy) is 2. The Labute approximate surface area is 226 Å². The van der Waals surface area contributed by atoms with E-state index in [4.69, 9.17) is 9.47 Å². The first-order valence-corrected chi connectivity index (χ1v) is 14.7. The minimum atomic E-state index is -0.512. The van der Waals surface area contributed by atoms with Crippen LogP contribution in [-0.2, 0) is 23.9 Å². The fourth-order valence-corrected chi connectivity index (χ4v) is 4.60. The lowest BCUT2D eigenvalue weighted by molar-refractivity contribution is -0.154. The summed E-state index contributed by atoms with van der Waals surface area (Å²) < 4.78 is 10.6. The molecule has 0 heterocycles. The van der Waals surface area contributed by atoms with E-state index in [-0.39, 0.29) is 35.4 Å². The van der Waals surface area contributed by atoms with Gasteiger partial charge in [-0.25, -0.2) is 0 Å². The lowest BCUT2D eigenvalue weighted by Gasteiger charge is -2.20. The molecule has 0 aliphatic heterocycles. The van der Waals surface area contributed by atoms with Crippen molar-refractivity contribution in [1.82, 2.24) is 5.32 Å². The number of unbranched alkanes of at least 4 members (excludes halogenated alkanes) is 13. The van der Waals surface area contributed by atoms with Crippen LogP contribution >= 0.6 is 0 Å². The van der Waals surface area contributed by atoms with Crippen molar-refractivity contribution >= 4 is 17.5 Å². The van der Waals surface area contributed by atoms with Gasteiger partial charge in [0.05, 0.1) is 12.8 Å². The fourth-order valence-electron chi connectivity index (χ4n) is 4.60. The van der Waals surface area contributed by atoms with Crippen LogP contribution in [-0.4, -0.2) is 36.8 Å². The van der Waals surface area contributed by atoms with Crippen molar-refractivity contribution in [1.29, 1.82) is 0 Å². The van der Waals surface area contributed by atoms with Crippen molar-refractivity contribution in [3.8, 4) is 0 Å². The van der Waals surface area contributed by atoms with Gasteiger partial charge in [-0.2, -0.15) is 0 Å². The third kappa shape index (κ3) is 15.0. The molecule has 212 valence electrons. The van der Waals surface area contributed by atoms with Crippen molar-refractivity contribution in [3.05, 3.63) is 23.1 Å². The minimum Gasteiger partial charge on any atom is -0.492 e. The van der Waals surface area contributed by atoms with E-state index in [1.165, 1.54) is 83.8 Å². The zero-order valence-electron chi connectivity index (χ0n) is 24.3. The highest BCUT2D eigenvalue weighted by Crippen LogP contribution is 2.24. The Morgan fingerprint density at radius 2 is 1.32 bits per heavy atom. The van der Waals surface area contributed by atoms with E-state index < -0.39 is 5.60 Å². The van der Waals surface area contributed by atoms with E-state index >= 15 is 0 Å². The number of rotatable bonds is 21. The van der Waals surface area contributed by atoms with Gasteiger partial charge in [-0.3, -0.25) is 14.4 Å². The molecule has 37 heavy (non-hydrogen) atoms. The van der Waals surface area contributed by atoms with Gasteiger partial charge in [-0.1, -0.05) is 90.4 Å². The van der Waals surface area contributed by atoms with Crippen LogP contribution in [0.2, 0.25) is 0 Å². The molecular formula is C31H53NO5. The lowest BCUT2D eigenvalue weighted by Crippen LogP contribution is -2.30. The number of carbonyl (C=O) groups excluding carboxylic acids is 3. The first-order valence-electron chi connectivity index (χ1n) is 14.7. The molecule has 0 atom stereocenters. The number of allylic oxidation sites excluding steroid dienone is 2. The zero-order chi connectivity index (χ0) is 27.5. The van der Waals surface area contributed by atoms with Crippen molar-refractivity contribution < 1.29 is 23.9 Å². The molecule has 0 aromatic carbocycles. The van der Waals surface area contributed by atoms with Crippen molar-refractivity contribution in [2.45, 2.75) is 142 Å². The van der Waals surface area contributed by atoms with E-state index in [2.05, 4.69) is 12.2 Å². The molecule has 0 spiro atoms. The molecule has 0 radical (unpaired) electrons. The number of methoxy groups -OCH3 is 1. The Morgan fingerprint density at radius 1 is 0.811 bits per heavy atom. The second-order valence-corrected chi connectivity index (χ2v) is 11.2.